The van der Waals surface area contributed by atoms with Crippen LogP contribution in [0.1, 0.15) is 10.4 Å². The van der Waals surface area contributed by atoms with Gasteiger partial charge in [-0.05, 0) is 33.4 Å². The first-order valence-electron chi connectivity index (χ1n) is 3.73. The average Bonchev–Trinajstić information content (AvgIpc) is 2.59. The van der Waals surface area contributed by atoms with Gasteiger partial charge in [0, 0.05) is 19.5 Å². The number of aromatic carboxylic acids is 1. The molecule has 0 bridgehead atoms. The Kier molecular flexibility index (Phi) is 2.55. The molecule has 0 saturated carbocycles. The summed E-state index contributed by atoms with van der Waals surface area (Å²) < 4.78 is 1.62. The van der Waals surface area contributed by atoms with Crippen molar-refractivity contribution >= 4 is 56.0 Å². The third-order valence-corrected chi connectivity index (χ3v) is 4.38. The molecule has 1 N–H and O–H groups in total. The molecule has 0 amide bonds. The summed E-state index contributed by atoms with van der Waals surface area (Å²) in [5.41, 5.74) is 0.311. The van der Waals surface area contributed by atoms with Crippen LogP contribution in [-0.2, 0) is 0 Å². The number of halogens is 1. The summed E-state index contributed by atoms with van der Waals surface area (Å²) in [7, 11) is 0. The van der Waals surface area contributed by atoms with Crippen LogP contribution in [0.4, 0.5) is 0 Å². The largest absolute Gasteiger partial charge is 0.478 e. The van der Waals surface area contributed by atoms with Crippen LogP contribution in [0.15, 0.2) is 26.9 Å². The number of carboxylic acid groups (broad SMARTS) is 1. The van der Waals surface area contributed by atoms with Gasteiger partial charge >= 0.3 is 5.97 Å². The lowest BCUT2D eigenvalue weighted by Gasteiger charge is -2.02. The number of benzene rings is 1. The lowest BCUT2D eigenvalue weighted by Crippen LogP contribution is -1.96. The minimum atomic E-state index is -0.914. The fraction of sp³-hybridized carbons (Fsp3) is 0. The molecular weight excluding hydrogens is 284 g/mol. The van der Waals surface area contributed by atoms with Crippen molar-refractivity contribution in [1.29, 1.82) is 0 Å². The Morgan fingerprint density at radius 2 is 2.29 bits per heavy atom. The molecule has 1 aromatic heterocycles. The summed E-state index contributed by atoms with van der Waals surface area (Å²) in [5, 5.41) is 11.6. The number of carbonyl (C=O) groups is 1. The topological polar surface area (TPSA) is 37.3 Å². The summed E-state index contributed by atoms with van der Waals surface area (Å²) in [5.74, 6) is -0.914. The highest BCUT2D eigenvalue weighted by Gasteiger charge is 2.13. The summed E-state index contributed by atoms with van der Waals surface area (Å²) >= 11 is 9.09. The molecular formula is C9H5BrO2S2. The van der Waals surface area contributed by atoms with Gasteiger partial charge in [0.25, 0.3) is 0 Å². The predicted octanol–water partition coefficient (Wildman–Crippen LogP) is 3.65. The van der Waals surface area contributed by atoms with Crippen LogP contribution in [-0.4, -0.2) is 11.1 Å². The number of thiol groups is 1. The Hall–Kier alpha value is -0.520. The molecule has 2 aromatic rings. The highest BCUT2D eigenvalue weighted by atomic mass is 79.9. The van der Waals surface area contributed by atoms with E-state index in [1.807, 2.05) is 5.38 Å². The smallest absolute Gasteiger partial charge is 0.336 e. The average molecular weight is 289 g/mol. The lowest BCUT2D eigenvalue weighted by molar-refractivity contribution is 0.0699. The molecule has 72 valence electrons. The second-order valence-corrected chi connectivity index (χ2v) is 4.94. The highest BCUT2D eigenvalue weighted by molar-refractivity contribution is 9.10. The second kappa shape index (κ2) is 3.56. The van der Waals surface area contributed by atoms with Gasteiger partial charge in [-0.15, -0.1) is 24.0 Å². The van der Waals surface area contributed by atoms with Crippen molar-refractivity contribution in [3.63, 3.8) is 0 Å². The van der Waals surface area contributed by atoms with Crippen molar-refractivity contribution in [2.24, 2.45) is 0 Å². The van der Waals surface area contributed by atoms with Crippen LogP contribution < -0.4 is 0 Å². The number of rotatable bonds is 1. The van der Waals surface area contributed by atoms with Crippen LogP contribution in [0.5, 0.6) is 0 Å². The Labute approximate surface area is 98.1 Å². The van der Waals surface area contributed by atoms with Crippen LogP contribution in [0, 0.1) is 0 Å². The van der Waals surface area contributed by atoms with Crippen molar-refractivity contribution in [3.05, 3.63) is 27.5 Å². The van der Waals surface area contributed by atoms with E-state index in [4.69, 9.17) is 5.11 Å². The van der Waals surface area contributed by atoms with E-state index in [0.29, 0.717) is 10.0 Å². The van der Waals surface area contributed by atoms with E-state index in [1.54, 1.807) is 12.1 Å². The molecule has 0 aliphatic carbocycles. The Bertz CT molecular complexity index is 519. The van der Waals surface area contributed by atoms with Crippen molar-refractivity contribution in [2.45, 2.75) is 4.90 Å². The first kappa shape index (κ1) is 10.0. The molecule has 2 nitrogen and oxygen atoms in total. The van der Waals surface area contributed by atoms with E-state index >= 15 is 0 Å². The lowest BCUT2D eigenvalue weighted by atomic mass is 10.1. The number of carboxylic acids is 1. The van der Waals surface area contributed by atoms with Gasteiger partial charge in [-0.1, -0.05) is 0 Å². The second-order valence-electron chi connectivity index (χ2n) is 2.72. The molecule has 0 unspecified atom stereocenters. The normalized spacial score (nSPS) is 10.7. The summed E-state index contributed by atoms with van der Waals surface area (Å²) in [6.45, 7) is 0. The van der Waals surface area contributed by atoms with Gasteiger partial charge < -0.3 is 5.11 Å². The standard InChI is InChI=1S/C9H5BrO2S2/c10-6-3-5(9(11)12)4-1-2-14-8(4)7(6)13/h1-3,13H,(H,11,12). The molecule has 0 atom stereocenters. The van der Waals surface area contributed by atoms with Gasteiger partial charge in [0.05, 0.1) is 5.56 Å². The van der Waals surface area contributed by atoms with Crippen LogP contribution in [0.2, 0.25) is 0 Å². The van der Waals surface area contributed by atoms with Crippen LogP contribution in [0.3, 0.4) is 0 Å². The molecule has 0 radical (unpaired) electrons. The maximum atomic E-state index is 10.9. The first-order valence-corrected chi connectivity index (χ1v) is 5.85. The molecule has 2 rings (SSSR count). The van der Waals surface area contributed by atoms with E-state index < -0.39 is 5.97 Å². The number of hydrogen-bond donors (Lipinski definition) is 2. The van der Waals surface area contributed by atoms with Gasteiger partial charge in [0.2, 0.25) is 0 Å². The molecule has 0 spiro atoms. The van der Waals surface area contributed by atoms with E-state index in [1.165, 1.54) is 11.3 Å². The zero-order chi connectivity index (χ0) is 10.3. The predicted molar refractivity (Wildman–Crippen MR) is 63.7 cm³/mol. The highest BCUT2D eigenvalue weighted by Crippen LogP contribution is 2.35. The Balaban J connectivity index is 2.91. The molecule has 1 aromatic carbocycles. The van der Waals surface area contributed by atoms with Crippen molar-refractivity contribution in [2.75, 3.05) is 0 Å². The summed E-state index contributed by atoms with van der Waals surface area (Å²) in [4.78, 5) is 11.7. The monoisotopic (exact) mass is 288 g/mol. The van der Waals surface area contributed by atoms with E-state index in [0.717, 1.165) is 15.0 Å². The molecule has 5 heteroatoms. The third kappa shape index (κ3) is 1.45. The van der Waals surface area contributed by atoms with E-state index in [-0.39, 0.29) is 0 Å². The minimum Gasteiger partial charge on any atom is -0.478 e. The Morgan fingerprint density at radius 3 is 2.93 bits per heavy atom. The molecule has 0 saturated heterocycles. The Morgan fingerprint density at radius 1 is 1.57 bits per heavy atom. The van der Waals surface area contributed by atoms with Gasteiger partial charge in [0.15, 0.2) is 0 Å². The maximum absolute atomic E-state index is 10.9. The summed E-state index contributed by atoms with van der Waals surface area (Å²) in [6.07, 6.45) is 0. The van der Waals surface area contributed by atoms with E-state index in [9.17, 15) is 4.79 Å². The number of hydrogen-bond acceptors (Lipinski definition) is 3. The number of thiophene rings is 1. The zero-order valence-corrected chi connectivity index (χ0v) is 10.1. The van der Waals surface area contributed by atoms with Crippen LogP contribution >= 0.6 is 39.9 Å². The fourth-order valence-electron chi connectivity index (χ4n) is 1.26. The van der Waals surface area contributed by atoms with Crippen LogP contribution in [0.25, 0.3) is 10.1 Å². The van der Waals surface area contributed by atoms with E-state index in [2.05, 4.69) is 28.6 Å². The number of fused-ring (bicyclic) bond motifs is 1. The zero-order valence-electron chi connectivity index (χ0n) is 6.82. The van der Waals surface area contributed by atoms with Crippen molar-refractivity contribution in [3.8, 4) is 0 Å². The van der Waals surface area contributed by atoms with Gasteiger partial charge in [-0.25, -0.2) is 4.79 Å². The van der Waals surface area contributed by atoms with Crippen molar-refractivity contribution < 1.29 is 9.90 Å². The van der Waals surface area contributed by atoms with Gasteiger partial charge in [0.1, 0.15) is 0 Å². The SMILES string of the molecule is O=C(O)c1cc(Br)c(S)c2sccc12. The van der Waals surface area contributed by atoms with Crippen molar-refractivity contribution in [1.82, 2.24) is 0 Å². The quantitative estimate of drug-likeness (QED) is 0.786. The van der Waals surface area contributed by atoms with Gasteiger partial charge in [-0.2, -0.15) is 0 Å². The molecule has 0 fully saturated rings. The minimum absolute atomic E-state index is 0.311. The van der Waals surface area contributed by atoms with Gasteiger partial charge in [-0.3, -0.25) is 0 Å². The molecule has 0 aliphatic rings. The molecule has 0 aliphatic heterocycles. The maximum Gasteiger partial charge on any atom is 0.336 e. The molecule has 14 heavy (non-hydrogen) atoms. The fourth-order valence-corrected chi connectivity index (χ4v) is 3.03. The third-order valence-electron chi connectivity index (χ3n) is 1.90. The summed E-state index contributed by atoms with van der Waals surface area (Å²) in [6, 6.07) is 3.38. The molecule has 1 heterocycles. The first-order chi connectivity index (χ1) is 6.61.